The minimum Gasteiger partial charge on any atom is -0.373 e. The van der Waals surface area contributed by atoms with Gasteiger partial charge in [0, 0.05) is 25.2 Å². The van der Waals surface area contributed by atoms with E-state index in [0.29, 0.717) is 25.2 Å². The minimum atomic E-state index is -3.60. The zero-order valence-electron chi connectivity index (χ0n) is 16.2. The molecule has 2 aromatic rings. The van der Waals surface area contributed by atoms with Crippen LogP contribution in [0.4, 0.5) is 0 Å². The van der Waals surface area contributed by atoms with Crippen LogP contribution in [0.1, 0.15) is 29.8 Å². The number of morpholine rings is 1. The van der Waals surface area contributed by atoms with Crippen LogP contribution in [0, 0.1) is 0 Å². The van der Waals surface area contributed by atoms with Gasteiger partial charge in [-0.3, -0.25) is 4.79 Å². The van der Waals surface area contributed by atoms with Gasteiger partial charge in [-0.15, -0.1) is 0 Å². The van der Waals surface area contributed by atoms with E-state index in [4.69, 9.17) is 4.74 Å². The van der Waals surface area contributed by atoms with Crippen molar-refractivity contribution in [3.8, 4) is 0 Å². The molecule has 0 aliphatic carbocycles. The Labute approximate surface area is 166 Å². The standard InChI is InChI=1S/C21H26N2O4S/c1-16-14-23(15-17(2)27-16)28(25,26)20-10-8-19(9-11-20)21(24)22-13-12-18-6-4-3-5-7-18/h3-11,16-17H,12-15H2,1-2H3,(H,22,24)/t16-,17+. The van der Waals surface area contributed by atoms with Crippen LogP contribution in [0.5, 0.6) is 0 Å². The maximum Gasteiger partial charge on any atom is 0.251 e. The van der Waals surface area contributed by atoms with Crippen molar-refractivity contribution in [2.24, 2.45) is 0 Å². The first-order chi connectivity index (χ1) is 13.4. The van der Waals surface area contributed by atoms with Crippen LogP contribution in [0.2, 0.25) is 0 Å². The van der Waals surface area contributed by atoms with Gasteiger partial charge in [0.25, 0.3) is 5.91 Å². The van der Waals surface area contributed by atoms with Crippen molar-refractivity contribution in [2.45, 2.75) is 37.4 Å². The highest BCUT2D eigenvalue weighted by atomic mass is 32.2. The normalized spacial score (nSPS) is 20.6. The predicted octanol–water partition coefficient (Wildman–Crippen LogP) is 2.46. The summed E-state index contributed by atoms with van der Waals surface area (Å²) in [4.78, 5) is 12.5. The molecule has 1 fully saturated rings. The summed E-state index contributed by atoms with van der Waals surface area (Å²) in [5.74, 6) is -0.214. The highest BCUT2D eigenvalue weighted by molar-refractivity contribution is 7.89. The Balaban J connectivity index is 1.61. The van der Waals surface area contributed by atoms with Crippen molar-refractivity contribution >= 4 is 15.9 Å². The summed E-state index contributed by atoms with van der Waals surface area (Å²) in [6.45, 7) is 4.90. The third-order valence-corrected chi connectivity index (χ3v) is 6.53. The Hall–Kier alpha value is -2.22. The van der Waals surface area contributed by atoms with E-state index in [9.17, 15) is 13.2 Å². The van der Waals surface area contributed by atoms with Gasteiger partial charge < -0.3 is 10.1 Å². The molecule has 1 heterocycles. The van der Waals surface area contributed by atoms with Crippen molar-refractivity contribution < 1.29 is 17.9 Å². The number of nitrogens with zero attached hydrogens (tertiary/aromatic N) is 1. The number of carbonyl (C=O) groups is 1. The Morgan fingerprint density at radius 3 is 2.25 bits per heavy atom. The summed E-state index contributed by atoms with van der Waals surface area (Å²) in [5.41, 5.74) is 1.59. The lowest BCUT2D eigenvalue weighted by molar-refractivity contribution is -0.0440. The summed E-state index contributed by atoms with van der Waals surface area (Å²) < 4.78 is 32.8. The first-order valence-electron chi connectivity index (χ1n) is 9.44. The van der Waals surface area contributed by atoms with E-state index in [1.54, 1.807) is 12.1 Å². The van der Waals surface area contributed by atoms with Gasteiger partial charge in [0.15, 0.2) is 0 Å². The van der Waals surface area contributed by atoms with E-state index < -0.39 is 10.0 Å². The molecule has 1 saturated heterocycles. The number of sulfonamides is 1. The number of benzene rings is 2. The largest absolute Gasteiger partial charge is 0.373 e. The number of hydrogen-bond donors (Lipinski definition) is 1. The van der Waals surface area contributed by atoms with Crippen molar-refractivity contribution in [1.82, 2.24) is 9.62 Å². The van der Waals surface area contributed by atoms with Crippen LogP contribution in [-0.4, -0.2) is 50.5 Å². The summed E-state index contributed by atoms with van der Waals surface area (Å²) in [6, 6.07) is 16.0. The molecule has 6 nitrogen and oxygen atoms in total. The van der Waals surface area contributed by atoms with Crippen molar-refractivity contribution in [2.75, 3.05) is 19.6 Å². The second kappa shape index (κ2) is 8.86. The third kappa shape index (κ3) is 4.98. The van der Waals surface area contributed by atoms with Crippen LogP contribution >= 0.6 is 0 Å². The molecule has 1 aliphatic rings. The summed E-state index contributed by atoms with van der Waals surface area (Å²) in [5, 5.41) is 2.87. The number of ether oxygens (including phenoxy) is 1. The average molecular weight is 403 g/mol. The Morgan fingerprint density at radius 1 is 1.04 bits per heavy atom. The summed E-state index contributed by atoms with van der Waals surface area (Å²) in [6.07, 6.45) is 0.452. The minimum absolute atomic E-state index is 0.145. The quantitative estimate of drug-likeness (QED) is 0.805. The zero-order chi connectivity index (χ0) is 20.1. The van der Waals surface area contributed by atoms with E-state index in [2.05, 4.69) is 5.32 Å². The first kappa shape index (κ1) is 20.5. The maximum absolute atomic E-state index is 12.9. The molecule has 0 bridgehead atoms. The van der Waals surface area contributed by atoms with Gasteiger partial charge in [0.1, 0.15) is 0 Å². The molecule has 1 aliphatic heterocycles. The Morgan fingerprint density at radius 2 is 1.64 bits per heavy atom. The van der Waals surface area contributed by atoms with Crippen molar-refractivity contribution in [1.29, 1.82) is 0 Å². The van der Waals surface area contributed by atoms with Gasteiger partial charge in [0.2, 0.25) is 10.0 Å². The molecule has 0 unspecified atom stereocenters. The number of hydrogen-bond acceptors (Lipinski definition) is 4. The van der Waals surface area contributed by atoms with Crippen LogP contribution < -0.4 is 5.32 Å². The highest BCUT2D eigenvalue weighted by Crippen LogP contribution is 2.21. The molecule has 3 rings (SSSR count). The van der Waals surface area contributed by atoms with Crippen molar-refractivity contribution in [3.63, 3.8) is 0 Å². The lowest BCUT2D eigenvalue weighted by Crippen LogP contribution is -2.48. The number of rotatable bonds is 6. The molecule has 2 aromatic carbocycles. The number of carbonyl (C=O) groups excluding carboxylic acids is 1. The molecule has 28 heavy (non-hydrogen) atoms. The fourth-order valence-corrected chi connectivity index (χ4v) is 4.91. The molecule has 2 atom stereocenters. The van der Waals surface area contributed by atoms with Crippen LogP contribution in [0.25, 0.3) is 0 Å². The SMILES string of the molecule is C[C@@H]1CN(S(=O)(=O)c2ccc(C(=O)NCCc3ccccc3)cc2)C[C@H](C)O1. The molecule has 7 heteroatoms. The highest BCUT2D eigenvalue weighted by Gasteiger charge is 2.32. The van der Waals surface area contributed by atoms with Gasteiger partial charge >= 0.3 is 0 Å². The third-order valence-electron chi connectivity index (χ3n) is 4.68. The fraction of sp³-hybridized carbons (Fsp3) is 0.381. The van der Waals surface area contributed by atoms with Crippen molar-refractivity contribution in [3.05, 3.63) is 65.7 Å². The monoisotopic (exact) mass is 402 g/mol. The summed E-state index contributed by atoms with van der Waals surface area (Å²) >= 11 is 0. The van der Waals surface area contributed by atoms with Crippen LogP contribution in [0.3, 0.4) is 0 Å². The van der Waals surface area contributed by atoms with Gasteiger partial charge in [-0.2, -0.15) is 4.31 Å². The maximum atomic E-state index is 12.9. The molecule has 0 radical (unpaired) electrons. The van der Waals surface area contributed by atoms with Gasteiger partial charge in [0.05, 0.1) is 17.1 Å². The molecule has 0 saturated carbocycles. The van der Waals surface area contributed by atoms with Gasteiger partial charge in [-0.25, -0.2) is 8.42 Å². The lowest BCUT2D eigenvalue weighted by atomic mass is 10.1. The molecular weight excluding hydrogens is 376 g/mol. The first-order valence-corrected chi connectivity index (χ1v) is 10.9. The Kier molecular flexibility index (Phi) is 6.49. The lowest BCUT2D eigenvalue weighted by Gasteiger charge is -2.34. The van der Waals surface area contributed by atoms with E-state index in [0.717, 1.165) is 12.0 Å². The van der Waals surface area contributed by atoms with Crippen LogP contribution in [0.15, 0.2) is 59.5 Å². The second-order valence-electron chi connectivity index (χ2n) is 7.10. The summed E-state index contributed by atoms with van der Waals surface area (Å²) in [7, 11) is -3.60. The fourth-order valence-electron chi connectivity index (χ4n) is 3.32. The zero-order valence-corrected chi connectivity index (χ0v) is 17.0. The smallest absolute Gasteiger partial charge is 0.251 e. The molecule has 150 valence electrons. The molecule has 0 aromatic heterocycles. The van der Waals surface area contributed by atoms with Crippen LogP contribution in [-0.2, 0) is 21.2 Å². The topological polar surface area (TPSA) is 75.7 Å². The molecule has 1 amide bonds. The second-order valence-corrected chi connectivity index (χ2v) is 9.03. The average Bonchev–Trinajstić information content (AvgIpc) is 2.68. The van der Waals surface area contributed by atoms with Gasteiger partial charge in [-0.05, 0) is 50.1 Å². The van der Waals surface area contributed by atoms with E-state index in [1.165, 1.54) is 16.4 Å². The molecular formula is C21H26N2O4S. The molecule has 0 spiro atoms. The van der Waals surface area contributed by atoms with E-state index >= 15 is 0 Å². The number of amides is 1. The predicted molar refractivity (Wildman–Crippen MR) is 108 cm³/mol. The Bertz CT molecular complexity index is 888. The number of nitrogens with one attached hydrogen (secondary N) is 1. The van der Waals surface area contributed by atoms with Gasteiger partial charge in [-0.1, -0.05) is 30.3 Å². The van der Waals surface area contributed by atoms with E-state index in [1.807, 2.05) is 44.2 Å². The van der Waals surface area contributed by atoms with E-state index in [-0.39, 0.29) is 23.0 Å². The molecule has 1 N–H and O–H groups in total.